The van der Waals surface area contributed by atoms with Gasteiger partial charge in [-0.05, 0) is 18.2 Å². The summed E-state index contributed by atoms with van der Waals surface area (Å²) in [6, 6.07) is 14.4. The van der Waals surface area contributed by atoms with Crippen LogP contribution in [0.3, 0.4) is 0 Å². The molecule has 0 atom stereocenters. The molecule has 104 valence electrons. The van der Waals surface area contributed by atoms with Crippen LogP contribution < -0.4 is 0 Å². The van der Waals surface area contributed by atoms with E-state index in [4.69, 9.17) is 0 Å². The third-order valence-corrected chi connectivity index (χ3v) is 3.35. The highest BCUT2D eigenvalue weighted by molar-refractivity contribution is 6.08. The summed E-state index contributed by atoms with van der Waals surface area (Å²) in [5.41, 5.74) is 2.33. The number of hydrogen-bond acceptors (Lipinski definition) is 2. The lowest BCUT2D eigenvalue weighted by Crippen LogP contribution is -2.10. The summed E-state index contributed by atoms with van der Waals surface area (Å²) in [5, 5.41) is 0. The normalized spacial score (nSPS) is 10.5. The van der Waals surface area contributed by atoms with Crippen molar-refractivity contribution in [2.24, 2.45) is 0 Å². The van der Waals surface area contributed by atoms with Crippen LogP contribution in [0.4, 0.5) is 0 Å². The van der Waals surface area contributed by atoms with Crippen molar-refractivity contribution in [3.63, 3.8) is 0 Å². The monoisotopic (exact) mass is 278 g/mol. The third-order valence-electron chi connectivity index (χ3n) is 3.35. The maximum atomic E-state index is 12.6. The number of carbonyl (C=O) groups excluding carboxylic acids is 2. The highest BCUT2D eigenvalue weighted by Gasteiger charge is 2.17. The molecule has 0 aliphatic carbocycles. The molecule has 0 fully saturated rings. The van der Waals surface area contributed by atoms with Crippen LogP contribution in [0, 0.1) is 0 Å². The number of H-pyrrole nitrogens is 1. The maximum Gasteiger partial charge on any atom is 0.209 e. The van der Waals surface area contributed by atoms with Gasteiger partial charge in [-0.25, -0.2) is 0 Å². The van der Waals surface area contributed by atoms with Crippen LogP contribution in [0.5, 0.6) is 0 Å². The first-order valence-electron chi connectivity index (χ1n) is 6.64. The summed E-state index contributed by atoms with van der Waals surface area (Å²) in [6.07, 6.45) is 3.48. The SMILES string of the molecule is CC(=O)c1[nH]ccc1-n1cccc1C(=O)c1ccccc1. The van der Waals surface area contributed by atoms with Gasteiger partial charge in [0.25, 0.3) is 0 Å². The molecule has 0 aliphatic heterocycles. The van der Waals surface area contributed by atoms with Gasteiger partial charge < -0.3 is 9.55 Å². The van der Waals surface area contributed by atoms with E-state index in [9.17, 15) is 9.59 Å². The van der Waals surface area contributed by atoms with Crippen molar-refractivity contribution in [3.8, 4) is 5.69 Å². The number of aromatic amines is 1. The Labute approximate surface area is 122 Å². The first-order chi connectivity index (χ1) is 10.2. The Kier molecular flexibility index (Phi) is 3.28. The fourth-order valence-corrected chi connectivity index (χ4v) is 2.36. The van der Waals surface area contributed by atoms with E-state index in [1.165, 1.54) is 6.92 Å². The van der Waals surface area contributed by atoms with E-state index >= 15 is 0 Å². The van der Waals surface area contributed by atoms with E-state index in [-0.39, 0.29) is 11.6 Å². The zero-order valence-electron chi connectivity index (χ0n) is 11.5. The molecule has 3 aromatic rings. The lowest BCUT2D eigenvalue weighted by atomic mass is 10.1. The first kappa shape index (κ1) is 13.1. The maximum absolute atomic E-state index is 12.6. The Balaban J connectivity index is 2.08. The van der Waals surface area contributed by atoms with Crippen LogP contribution in [0.25, 0.3) is 5.69 Å². The molecule has 0 amide bonds. The number of carbonyl (C=O) groups is 2. The summed E-state index contributed by atoms with van der Waals surface area (Å²) in [6.45, 7) is 1.50. The van der Waals surface area contributed by atoms with Gasteiger partial charge in [-0.1, -0.05) is 30.3 Å². The Morgan fingerprint density at radius 1 is 1.00 bits per heavy atom. The van der Waals surface area contributed by atoms with E-state index in [2.05, 4.69) is 4.98 Å². The number of aromatic nitrogens is 2. The van der Waals surface area contributed by atoms with E-state index in [0.717, 1.165) is 0 Å². The molecule has 3 rings (SSSR count). The van der Waals surface area contributed by atoms with E-state index in [1.54, 1.807) is 47.3 Å². The molecule has 2 heterocycles. The molecule has 0 spiro atoms. The lowest BCUT2D eigenvalue weighted by molar-refractivity contribution is 0.100. The largest absolute Gasteiger partial charge is 0.357 e. The van der Waals surface area contributed by atoms with E-state index in [1.807, 2.05) is 18.2 Å². The van der Waals surface area contributed by atoms with Crippen molar-refractivity contribution in [2.75, 3.05) is 0 Å². The number of rotatable bonds is 4. The van der Waals surface area contributed by atoms with E-state index in [0.29, 0.717) is 22.6 Å². The number of benzene rings is 1. The Morgan fingerprint density at radius 3 is 2.48 bits per heavy atom. The van der Waals surface area contributed by atoms with Gasteiger partial charge in [0.1, 0.15) is 5.69 Å². The number of Topliss-reactive ketones (excluding diaryl/α,β-unsaturated/α-hetero) is 1. The van der Waals surface area contributed by atoms with Gasteiger partial charge in [0.05, 0.1) is 11.4 Å². The van der Waals surface area contributed by atoms with Crippen molar-refractivity contribution >= 4 is 11.6 Å². The Bertz CT molecular complexity index is 797. The van der Waals surface area contributed by atoms with Crippen molar-refractivity contribution in [1.29, 1.82) is 0 Å². The fourth-order valence-electron chi connectivity index (χ4n) is 2.36. The second kappa shape index (κ2) is 5.25. The Hall–Kier alpha value is -2.88. The van der Waals surface area contributed by atoms with Gasteiger partial charge in [0.2, 0.25) is 5.78 Å². The molecule has 1 N–H and O–H groups in total. The predicted molar refractivity (Wildman–Crippen MR) is 80.0 cm³/mol. The summed E-state index contributed by atoms with van der Waals surface area (Å²) >= 11 is 0. The number of nitrogens with one attached hydrogen (secondary N) is 1. The molecular formula is C17H14N2O2. The first-order valence-corrected chi connectivity index (χ1v) is 6.64. The smallest absolute Gasteiger partial charge is 0.209 e. The molecular weight excluding hydrogens is 264 g/mol. The van der Waals surface area contributed by atoms with Gasteiger partial charge in [-0.3, -0.25) is 9.59 Å². The van der Waals surface area contributed by atoms with Crippen molar-refractivity contribution in [1.82, 2.24) is 9.55 Å². The van der Waals surface area contributed by atoms with Crippen LogP contribution in [-0.2, 0) is 0 Å². The zero-order chi connectivity index (χ0) is 14.8. The quantitative estimate of drug-likeness (QED) is 0.745. The molecule has 0 aliphatic rings. The molecule has 4 nitrogen and oxygen atoms in total. The average molecular weight is 278 g/mol. The van der Waals surface area contributed by atoms with Crippen molar-refractivity contribution < 1.29 is 9.59 Å². The van der Waals surface area contributed by atoms with Crippen LogP contribution in [0.15, 0.2) is 60.9 Å². The number of nitrogens with zero attached hydrogens (tertiary/aromatic N) is 1. The lowest BCUT2D eigenvalue weighted by Gasteiger charge is -2.08. The van der Waals surface area contributed by atoms with Crippen LogP contribution in [-0.4, -0.2) is 21.1 Å². The second-order valence-corrected chi connectivity index (χ2v) is 4.75. The fraction of sp³-hybridized carbons (Fsp3) is 0.0588. The molecule has 0 unspecified atom stereocenters. The molecule has 1 aromatic carbocycles. The molecule has 2 aromatic heterocycles. The molecule has 0 radical (unpaired) electrons. The predicted octanol–water partition coefficient (Wildman–Crippen LogP) is 3.24. The highest BCUT2D eigenvalue weighted by Crippen LogP contribution is 2.19. The Morgan fingerprint density at radius 2 is 1.76 bits per heavy atom. The minimum Gasteiger partial charge on any atom is -0.357 e. The highest BCUT2D eigenvalue weighted by atomic mass is 16.1. The van der Waals surface area contributed by atoms with Gasteiger partial charge in [-0.15, -0.1) is 0 Å². The summed E-state index contributed by atoms with van der Waals surface area (Å²) in [7, 11) is 0. The van der Waals surface area contributed by atoms with Gasteiger partial charge in [0, 0.05) is 24.9 Å². The van der Waals surface area contributed by atoms with Gasteiger partial charge in [0.15, 0.2) is 5.78 Å². The molecule has 21 heavy (non-hydrogen) atoms. The van der Waals surface area contributed by atoms with E-state index < -0.39 is 0 Å². The summed E-state index contributed by atoms with van der Waals surface area (Å²) in [4.78, 5) is 27.2. The number of ketones is 2. The molecule has 0 bridgehead atoms. The van der Waals surface area contributed by atoms with Crippen LogP contribution in [0.2, 0.25) is 0 Å². The zero-order valence-corrected chi connectivity index (χ0v) is 11.5. The summed E-state index contributed by atoms with van der Waals surface area (Å²) < 4.78 is 1.74. The summed E-state index contributed by atoms with van der Waals surface area (Å²) in [5.74, 6) is -0.141. The third kappa shape index (κ3) is 2.31. The number of hydrogen-bond donors (Lipinski definition) is 1. The standard InChI is InChI=1S/C17H14N2O2/c1-12(20)16-14(9-10-18-16)19-11-5-8-15(19)17(21)13-6-3-2-4-7-13/h2-11,18H,1H3. The van der Waals surface area contributed by atoms with Gasteiger partial charge in [-0.2, -0.15) is 0 Å². The van der Waals surface area contributed by atoms with Crippen molar-refractivity contribution in [3.05, 3.63) is 77.9 Å². The molecule has 4 heteroatoms. The minimum absolute atomic E-state index is 0.0678. The molecule has 0 saturated carbocycles. The average Bonchev–Trinajstić information content (AvgIpc) is 3.15. The second-order valence-electron chi connectivity index (χ2n) is 4.75. The van der Waals surface area contributed by atoms with Gasteiger partial charge >= 0.3 is 0 Å². The van der Waals surface area contributed by atoms with Crippen LogP contribution >= 0.6 is 0 Å². The topological polar surface area (TPSA) is 54.9 Å². The minimum atomic E-state index is -0.0729. The van der Waals surface area contributed by atoms with Crippen molar-refractivity contribution in [2.45, 2.75) is 6.92 Å². The molecule has 0 saturated heterocycles. The van der Waals surface area contributed by atoms with Crippen LogP contribution in [0.1, 0.15) is 33.5 Å².